The minimum atomic E-state index is -0.332. The van der Waals surface area contributed by atoms with Crippen LogP contribution in [0, 0.1) is 5.82 Å². The summed E-state index contributed by atoms with van der Waals surface area (Å²) in [5, 5.41) is 6.65. The van der Waals surface area contributed by atoms with Crippen molar-refractivity contribution < 1.29 is 23.2 Å². The van der Waals surface area contributed by atoms with Crippen LogP contribution in [-0.4, -0.2) is 25.3 Å². The average molecular weight is 356 g/mol. The van der Waals surface area contributed by atoms with Crippen molar-refractivity contribution in [2.75, 3.05) is 19.5 Å². The number of carbonyl (C=O) groups is 1. The number of amides is 1. The molecule has 1 aromatic heterocycles. The van der Waals surface area contributed by atoms with Gasteiger partial charge in [-0.15, -0.1) is 0 Å². The second-order valence-electron chi connectivity index (χ2n) is 5.48. The number of nitrogens with one attached hydrogen (secondary N) is 1. The molecule has 134 valence electrons. The molecule has 1 heterocycles. The van der Waals surface area contributed by atoms with E-state index in [1.807, 2.05) is 0 Å². The van der Waals surface area contributed by atoms with Crippen molar-refractivity contribution in [3.8, 4) is 22.8 Å². The molecule has 0 radical (unpaired) electrons. The fourth-order valence-electron chi connectivity index (χ4n) is 2.41. The normalized spacial score (nSPS) is 10.4. The van der Waals surface area contributed by atoms with Crippen molar-refractivity contribution in [3.05, 3.63) is 60.0 Å². The van der Waals surface area contributed by atoms with E-state index in [1.165, 1.54) is 19.2 Å². The van der Waals surface area contributed by atoms with Gasteiger partial charge in [0.15, 0.2) is 5.76 Å². The zero-order valence-corrected chi connectivity index (χ0v) is 14.3. The highest BCUT2D eigenvalue weighted by Crippen LogP contribution is 2.29. The molecule has 0 fully saturated rings. The topological polar surface area (TPSA) is 73.6 Å². The van der Waals surface area contributed by atoms with Crippen LogP contribution in [0.2, 0.25) is 0 Å². The maximum Gasteiger partial charge on any atom is 0.230 e. The Kier molecular flexibility index (Phi) is 5.17. The Labute approximate surface area is 149 Å². The third kappa shape index (κ3) is 4.00. The van der Waals surface area contributed by atoms with Crippen molar-refractivity contribution in [1.82, 2.24) is 5.16 Å². The van der Waals surface area contributed by atoms with Gasteiger partial charge in [-0.2, -0.15) is 0 Å². The molecule has 0 spiro atoms. The number of benzene rings is 2. The van der Waals surface area contributed by atoms with Gasteiger partial charge in [0.2, 0.25) is 5.91 Å². The number of aromatic nitrogens is 1. The molecule has 3 aromatic rings. The highest BCUT2D eigenvalue weighted by molar-refractivity contribution is 5.93. The Morgan fingerprint density at radius 1 is 1.12 bits per heavy atom. The van der Waals surface area contributed by atoms with Gasteiger partial charge in [-0.05, 0) is 36.4 Å². The van der Waals surface area contributed by atoms with Crippen LogP contribution in [0.25, 0.3) is 11.3 Å². The van der Waals surface area contributed by atoms with Crippen molar-refractivity contribution >= 4 is 11.6 Å². The maximum atomic E-state index is 13.0. The van der Waals surface area contributed by atoms with Crippen LogP contribution in [0.5, 0.6) is 11.5 Å². The molecule has 0 saturated carbocycles. The van der Waals surface area contributed by atoms with Crippen molar-refractivity contribution in [2.24, 2.45) is 0 Å². The summed E-state index contributed by atoms with van der Waals surface area (Å²) in [5.41, 5.74) is 1.68. The monoisotopic (exact) mass is 356 g/mol. The lowest BCUT2D eigenvalue weighted by Gasteiger charge is -2.11. The molecule has 0 saturated heterocycles. The van der Waals surface area contributed by atoms with E-state index in [9.17, 15) is 9.18 Å². The van der Waals surface area contributed by atoms with Gasteiger partial charge in [0.25, 0.3) is 0 Å². The SMILES string of the molecule is COc1ccc(NC(=O)Cc2cc(-c3ccc(F)cc3)on2)c(OC)c1. The molecule has 0 unspecified atom stereocenters. The number of hydrogen-bond acceptors (Lipinski definition) is 5. The molecule has 2 aromatic carbocycles. The minimum Gasteiger partial charge on any atom is -0.497 e. The number of hydrogen-bond donors (Lipinski definition) is 1. The number of nitrogens with zero attached hydrogens (tertiary/aromatic N) is 1. The molecule has 0 aliphatic heterocycles. The Hall–Kier alpha value is -3.35. The van der Waals surface area contributed by atoms with E-state index in [1.54, 1.807) is 43.5 Å². The smallest absolute Gasteiger partial charge is 0.230 e. The predicted molar refractivity (Wildman–Crippen MR) is 93.8 cm³/mol. The molecule has 0 aliphatic rings. The highest BCUT2D eigenvalue weighted by atomic mass is 19.1. The van der Waals surface area contributed by atoms with Gasteiger partial charge >= 0.3 is 0 Å². The van der Waals surface area contributed by atoms with Crippen molar-refractivity contribution in [1.29, 1.82) is 0 Å². The van der Waals surface area contributed by atoms with Crippen LogP contribution in [0.3, 0.4) is 0 Å². The van der Waals surface area contributed by atoms with E-state index in [0.717, 1.165) is 0 Å². The van der Waals surface area contributed by atoms with Crippen LogP contribution >= 0.6 is 0 Å². The molecule has 1 N–H and O–H groups in total. The molecule has 0 bridgehead atoms. The number of carbonyl (C=O) groups excluding carboxylic acids is 1. The Morgan fingerprint density at radius 2 is 1.88 bits per heavy atom. The third-order valence-electron chi connectivity index (χ3n) is 3.71. The summed E-state index contributed by atoms with van der Waals surface area (Å²) < 4.78 is 28.6. The molecule has 7 heteroatoms. The molecule has 0 aliphatic carbocycles. The average Bonchev–Trinajstić information content (AvgIpc) is 3.11. The van der Waals surface area contributed by atoms with E-state index < -0.39 is 0 Å². The van der Waals surface area contributed by atoms with Crippen LogP contribution in [-0.2, 0) is 11.2 Å². The largest absolute Gasteiger partial charge is 0.497 e. The summed E-state index contributed by atoms with van der Waals surface area (Å²) in [6.07, 6.45) is 0.0277. The second-order valence-corrected chi connectivity index (χ2v) is 5.48. The van der Waals surface area contributed by atoms with Gasteiger partial charge in [-0.25, -0.2) is 4.39 Å². The number of anilines is 1. The van der Waals surface area contributed by atoms with Crippen LogP contribution in [0.4, 0.5) is 10.1 Å². The fourth-order valence-corrected chi connectivity index (χ4v) is 2.41. The summed E-state index contributed by atoms with van der Waals surface area (Å²) in [7, 11) is 3.06. The lowest BCUT2D eigenvalue weighted by atomic mass is 10.1. The van der Waals surface area contributed by atoms with E-state index >= 15 is 0 Å². The molecule has 6 nitrogen and oxygen atoms in total. The number of halogens is 1. The lowest BCUT2D eigenvalue weighted by molar-refractivity contribution is -0.115. The third-order valence-corrected chi connectivity index (χ3v) is 3.71. The quantitative estimate of drug-likeness (QED) is 0.729. The summed E-state index contributed by atoms with van der Waals surface area (Å²) in [4.78, 5) is 12.3. The molecular formula is C19H17FN2O4. The molecule has 1 amide bonds. The van der Waals surface area contributed by atoms with E-state index in [0.29, 0.717) is 34.2 Å². The van der Waals surface area contributed by atoms with Gasteiger partial charge < -0.3 is 19.3 Å². The number of ether oxygens (including phenoxy) is 2. The lowest BCUT2D eigenvalue weighted by Crippen LogP contribution is -2.15. The fraction of sp³-hybridized carbons (Fsp3) is 0.158. The second kappa shape index (κ2) is 7.69. The minimum absolute atomic E-state index is 0.0277. The first-order chi connectivity index (χ1) is 12.6. The standard InChI is InChI=1S/C19H17FN2O4/c1-24-15-7-8-16(18(11-15)25-2)21-19(23)10-14-9-17(26-22-14)12-3-5-13(20)6-4-12/h3-9,11H,10H2,1-2H3,(H,21,23). The number of methoxy groups -OCH3 is 2. The van der Waals surface area contributed by atoms with Gasteiger partial charge in [0.1, 0.15) is 17.3 Å². The van der Waals surface area contributed by atoms with Crippen LogP contribution < -0.4 is 14.8 Å². The van der Waals surface area contributed by atoms with Gasteiger partial charge in [-0.3, -0.25) is 4.79 Å². The Bertz CT molecular complexity index is 906. The number of rotatable bonds is 6. The van der Waals surface area contributed by atoms with Crippen molar-refractivity contribution in [3.63, 3.8) is 0 Å². The summed E-state index contributed by atoms with van der Waals surface area (Å²) in [6.45, 7) is 0. The summed E-state index contributed by atoms with van der Waals surface area (Å²) >= 11 is 0. The van der Waals surface area contributed by atoms with Gasteiger partial charge in [0, 0.05) is 17.7 Å². The zero-order chi connectivity index (χ0) is 18.5. The molecule has 0 atom stereocenters. The van der Waals surface area contributed by atoms with Crippen molar-refractivity contribution in [2.45, 2.75) is 6.42 Å². The van der Waals surface area contributed by atoms with E-state index in [-0.39, 0.29) is 18.1 Å². The van der Waals surface area contributed by atoms with E-state index in [2.05, 4.69) is 10.5 Å². The van der Waals surface area contributed by atoms with Crippen LogP contribution in [0.15, 0.2) is 53.1 Å². The molecular weight excluding hydrogens is 339 g/mol. The Balaban J connectivity index is 1.68. The van der Waals surface area contributed by atoms with E-state index in [4.69, 9.17) is 14.0 Å². The zero-order valence-electron chi connectivity index (χ0n) is 14.3. The molecule has 3 rings (SSSR count). The highest BCUT2D eigenvalue weighted by Gasteiger charge is 2.13. The van der Waals surface area contributed by atoms with Crippen LogP contribution in [0.1, 0.15) is 5.69 Å². The Morgan fingerprint density at radius 3 is 2.58 bits per heavy atom. The maximum absolute atomic E-state index is 13.0. The van der Waals surface area contributed by atoms with Gasteiger partial charge in [-0.1, -0.05) is 5.16 Å². The summed E-state index contributed by atoms with van der Waals surface area (Å²) in [5.74, 6) is 0.980. The predicted octanol–water partition coefficient (Wildman–Crippen LogP) is 3.68. The first kappa shape index (κ1) is 17.5. The first-order valence-electron chi connectivity index (χ1n) is 7.82. The summed E-state index contributed by atoms with van der Waals surface area (Å²) in [6, 6.07) is 12.6. The molecule has 26 heavy (non-hydrogen) atoms. The first-order valence-corrected chi connectivity index (χ1v) is 7.82. The van der Waals surface area contributed by atoms with Gasteiger partial charge in [0.05, 0.1) is 32.0 Å².